The van der Waals surface area contributed by atoms with Crippen molar-refractivity contribution < 1.29 is 8.83 Å². The number of aromatic nitrogens is 2. The summed E-state index contributed by atoms with van der Waals surface area (Å²) in [6.45, 7) is 0. The summed E-state index contributed by atoms with van der Waals surface area (Å²) in [5.41, 5.74) is 12.3. The van der Waals surface area contributed by atoms with Crippen LogP contribution in [0.4, 0.5) is 0 Å². The molecule has 0 spiro atoms. The van der Waals surface area contributed by atoms with Gasteiger partial charge in [0.25, 0.3) is 0 Å². The van der Waals surface area contributed by atoms with E-state index in [1.807, 2.05) is 54.6 Å². The van der Waals surface area contributed by atoms with Crippen LogP contribution in [-0.2, 0) is 0 Å². The third kappa shape index (κ3) is 4.61. The van der Waals surface area contributed by atoms with Gasteiger partial charge in [-0.3, -0.25) is 0 Å². The molecule has 0 aliphatic carbocycles. The summed E-state index contributed by atoms with van der Waals surface area (Å²) in [7, 11) is 0. The first kappa shape index (κ1) is 28.3. The highest BCUT2D eigenvalue weighted by atomic mass is 16.3. The average molecular weight is 641 g/mol. The fraction of sp³-hybridized carbons (Fsp3) is 0. The van der Waals surface area contributed by atoms with Gasteiger partial charge < -0.3 is 8.83 Å². The predicted octanol–water partition coefficient (Wildman–Crippen LogP) is 12.6. The Morgan fingerprint density at radius 3 is 1.74 bits per heavy atom. The molecule has 0 aliphatic heterocycles. The summed E-state index contributed by atoms with van der Waals surface area (Å²) in [5, 5.41) is 4.26. The third-order valence-corrected chi connectivity index (χ3v) is 9.54. The molecule has 0 fully saturated rings. The minimum atomic E-state index is 0.668. The number of rotatable bonds is 5. The molecule has 0 N–H and O–H groups in total. The SMILES string of the molecule is c1ccc(-c2cc(-c3ccc(-c4ccc5c(c4)oc4ccccc45)c4oc5ccccc5c34)nc(-c3ccccc3-c3ccccc3)n2)cc1. The van der Waals surface area contributed by atoms with Crippen LogP contribution in [-0.4, -0.2) is 9.97 Å². The van der Waals surface area contributed by atoms with E-state index in [4.69, 9.17) is 18.8 Å². The quantitative estimate of drug-likeness (QED) is 0.188. The van der Waals surface area contributed by atoms with Gasteiger partial charge in [0.15, 0.2) is 5.82 Å². The van der Waals surface area contributed by atoms with Gasteiger partial charge in [0.05, 0.1) is 11.4 Å². The van der Waals surface area contributed by atoms with Crippen LogP contribution < -0.4 is 0 Å². The number of hydrogen-bond acceptors (Lipinski definition) is 4. The van der Waals surface area contributed by atoms with Crippen molar-refractivity contribution in [1.82, 2.24) is 9.97 Å². The normalized spacial score (nSPS) is 11.6. The summed E-state index contributed by atoms with van der Waals surface area (Å²) >= 11 is 0. The van der Waals surface area contributed by atoms with Crippen LogP contribution in [0.5, 0.6) is 0 Å². The van der Waals surface area contributed by atoms with Crippen LogP contribution in [0.15, 0.2) is 179 Å². The van der Waals surface area contributed by atoms with Crippen molar-refractivity contribution in [2.24, 2.45) is 0 Å². The second-order valence-corrected chi connectivity index (χ2v) is 12.5. The summed E-state index contributed by atoms with van der Waals surface area (Å²) < 4.78 is 13.0. The molecule has 4 heteroatoms. The number of fused-ring (bicyclic) bond motifs is 6. The van der Waals surface area contributed by atoms with Crippen molar-refractivity contribution in [1.29, 1.82) is 0 Å². The van der Waals surface area contributed by atoms with Crippen LogP contribution in [0.25, 0.3) is 100 Å². The molecule has 0 saturated carbocycles. The highest BCUT2D eigenvalue weighted by molar-refractivity contribution is 6.16. The van der Waals surface area contributed by atoms with E-state index in [0.717, 1.165) is 94.2 Å². The van der Waals surface area contributed by atoms with E-state index in [-0.39, 0.29) is 0 Å². The van der Waals surface area contributed by atoms with Gasteiger partial charge in [-0.15, -0.1) is 0 Å². The zero-order chi connectivity index (χ0) is 33.0. The smallest absolute Gasteiger partial charge is 0.161 e. The number of nitrogens with zero attached hydrogens (tertiary/aromatic N) is 2. The molecule has 10 rings (SSSR count). The van der Waals surface area contributed by atoms with E-state index in [1.54, 1.807) is 0 Å². The maximum atomic E-state index is 6.70. The summed E-state index contributed by atoms with van der Waals surface area (Å²) in [6, 6.07) is 58.3. The molecule has 0 aliphatic rings. The lowest BCUT2D eigenvalue weighted by atomic mass is 9.95. The Hall–Kier alpha value is -6.78. The van der Waals surface area contributed by atoms with Crippen molar-refractivity contribution in [3.05, 3.63) is 170 Å². The van der Waals surface area contributed by atoms with Crippen LogP contribution in [0.3, 0.4) is 0 Å². The molecule has 0 atom stereocenters. The lowest BCUT2D eigenvalue weighted by molar-refractivity contribution is 0.668. The second-order valence-electron chi connectivity index (χ2n) is 12.5. The van der Waals surface area contributed by atoms with E-state index in [1.165, 1.54) is 0 Å². The van der Waals surface area contributed by atoms with Crippen LogP contribution >= 0.6 is 0 Å². The maximum Gasteiger partial charge on any atom is 0.161 e. The van der Waals surface area contributed by atoms with Crippen LogP contribution in [0.2, 0.25) is 0 Å². The Morgan fingerprint density at radius 2 is 0.940 bits per heavy atom. The Labute approximate surface area is 287 Å². The molecule has 0 amide bonds. The first-order chi connectivity index (χ1) is 24.8. The summed E-state index contributed by atoms with van der Waals surface area (Å²) in [4.78, 5) is 10.5. The predicted molar refractivity (Wildman–Crippen MR) is 204 cm³/mol. The molecule has 0 unspecified atom stereocenters. The molecular formula is C46H28N2O2. The zero-order valence-corrected chi connectivity index (χ0v) is 26.9. The van der Waals surface area contributed by atoms with Crippen molar-refractivity contribution >= 4 is 43.9 Å². The monoisotopic (exact) mass is 640 g/mol. The Bertz CT molecular complexity index is 2870. The minimum absolute atomic E-state index is 0.668. The number of benzene rings is 7. The summed E-state index contributed by atoms with van der Waals surface area (Å²) in [5.74, 6) is 0.668. The molecule has 0 radical (unpaired) electrons. The second kappa shape index (κ2) is 11.4. The largest absolute Gasteiger partial charge is 0.456 e. The fourth-order valence-corrected chi connectivity index (χ4v) is 7.17. The van der Waals surface area contributed by atoms with E-state index in [0.29, 0.717) is 5.82 Å². The molecule has 50 heavy (non-hydrogen) atoms. The van der Waals surface area contributed by atoms with Gasteiger partial charge in [-0.25, -0.2) is 9.97 Å². The highest BCUT2D eigenvalue weighted by Gasteiger charge is 2.21. The van der Waals surface area contributed by atoms with Gasteiger partial charge in [0, 0.05) is 43.8 Å². The summed E-state index contributed by atoms with van der Waals surface area (Å²) in [6.07, 6.45) is 0. The molecule has 7 aromatic carbocycles. The topological polar surface area (TPSA) is 52.1 Å². The molecule has 234 valence electrons. The van der Waals surface area contributed by atoms with Crippen molar-refractivity contribution in [2.45, 2.75) is 0 Å². The first-order valence-corrected chi connectivity index (χ1v) is 16.7. The average Bonchev–Trinajstić information content (AvgIpc) is 3.77. The van der Waals surface area contributed by atoms with Gasteiger partial charge >= 0.3 is 0 Å². The number of para-hydroxylation sites is 2. The lowest BCUT2D eigenvalue weighted by Crippen LogP contribution is -1.98. The molecule has 0 saturated heterocycles. The Morgan fingerprint density at radius 1 is 0.340 bits per heavy atom. The zero-order valence-electron chi connectivity index (χ0n) is 26.9. The molecule has 3 aromatic heterocycles. The van der Waals surface area contributed by atoms with Crippen molar-refractivity contribution in [3.63, 3.8) is 0 Å². The molecule has 3 heterocycles. The lowest BCUT2D eigenvalue weighted by Gasteiger charge is -2.14. The van der Waals surface area contributed by atoms with E-state index in [2.05, 4.69) is 115 Å². The number of furan rings is 2. The number of hydrogen-bond donors (Lipinski definition) is 0. The van der Waals surface area contributed by atoms with Crippen LogP contribution in [0.1, 0.15) is 0 Å². The van der Waals surface area contributed by atoms with Gasteiger partial charge in [-0.2, -0.15) is 0 Å². The van der Waals surface area contributed by atoms with Gasteiger partial charge in [-0.1, -0.05) is 133 Å². The third-order valence-electron chi connectivity index (χ3n) is 9.54. The standard InChI is InChI=1S/C46H28N2O2/c1-3-13-29(14-4-1)32-17-7-8-19-36(32)46-47-39(30-15-5-2-6-16-30)28-40(48-46)37-26-25-33(45-44(37)38-20-10-12-22-42(38)50-45)31-23-24-35-34-18-9-11-21-41(34)49-43(35)27-31/h1-28H. The minimum Gasteiger partial charge on any atom is -0.456 e. The highest BCUT2D eigenvalue weighted by Crippen LogP contribution is 2.43. The fourth-order valence-electron chi connectivity index (χ4n) is 7.17. The van der Waals surface area contributed by atoms with Gasteiger partial charge in [0.2, 0.25) is 0 Å². The molecular weight excluding hydrogens is 613 g/mol. The van der Waals surface area contributed by atoms with Crippen LogP contribution in [0, 0.1) is 0 Å². The van der Waals surface area contributed by atoms with E-state index >= 15 is 0 Å². The Balaban J connectivity index is 1.22. The Kier molecular flexibility index (Phi) is 6.46. The van der Waals surface area contributed by atoms with Gasteiger partial charge in [-0.05, 0) is 53.1 Å². The van der Waals surface area contributed by atoms with Gasteiger partial charge in [0.1, 0.15) is 22.3 Å². The molecule has 4 nitrogen and oxygen atoms in total. The molecule has 0 bridgehead atoms. The first-order valence-electron chi connectivity index (χ1n) is 16.7. The van der Waals surface area contributed by atoms with E-state index < -0.39 is 0 Å². The van der Waals surface area contributed by atoms with E-state index in [9.17, 15) is 0 Å². The van der Waals surface area contributed by atoms with Crippen molar-refractivity contribution in [2.75, 3.05) is 0 Å². The van der Waals surface area contributed by atoms with Crippen molar-refractivity contribution in [3.8, 4) is 56.2 Å². The molecule has 10 aromatic rings. The maximum absolute atomic E-state index is 6.70.